The topological polar surface area (TPSA) is 45.8 Å². The van der Waals surface area contributed by atoms with Crippen molar-refractivity contribution in [3.05, 3.63) is 106 Å². The molecule has 3 heteroatoms. The molecular formula is C20H16N2O. The van der Waals surface area contributed by atoms with Crippen LogP contribution < -0.4 is 5.56 Å². The molecule has 0 unspecified atom stereocenters. The van der Waals surface area contributed by atoms with Crippen LogP contribution in [0.4, 0.5) is 0 Å². The number of nitriles is 1. The number of rotatable bonds is 4. The molecule has 0 aliphatic heterocycles. The average Bonchev–Trinajstić information content (AvgIpc) is 2.59. The second-order valence-corrected chi connectivity index (χ2v) is 5.41. The highest BCUT2D eigenvalue weighted by Gasteiger charge is 2.10. The van der Waals surface area contributed by atoms with E-state index in [1.165, 1.54) is 0 Å². The van der Waals surface area contributed by atoms with Gasteiger partial charge in [-0.1, -0.05) is 60.7 Å². The molecule has 0 aliphatic carbocycles. The van der Waals surface area contributed by atoms with Gasteiger partial charge in [-0.2, -0.15) is 5.26 Å². The highest BCUT2D eigenvalue weighted by Crippen LogP contribution is 2.11. The van der Waals surface area contributed by atoms with Crippen LogP contribution >= 0.6 is 0 Å². The second kappa shape index (κ2) is 6.76. The Bertz CT molecular complexity index is 890. The fourth-order valence-corrected chi connectivity index (χ4v) is 2.60. The molecule has 3 aromatic rings. The quantitative estimate of drug-likeness (QED) is 0.741. The Balaban J connectivity index is 1.94. The summed E-state index contributed by atoms with van der Waals surface area (Å²) in [6, 6.07) is 23.6. The lowest BCUT2D eigenvalue weighted by atomic mass is 10.0. The van der Waals surface area contributed by atoms with Gasteiger partial charge in [0.15, 0.2) is 0 Å². The lowest BCUT2D eigenvalue weighted by Gasteiger charge is -2.09. The molecule has 1 heterocycles. The largest absolute Gasteiger partial charge is 0.310 e. The number of hydrogen-bond acceptors (Lipinski definition) is 2. The maximum Gasteiger partial charge on any atom is 0.269 e. The van der Waals surface area contributed by atoms with E-state index in [2.05, 4.69) is 6.07 Å². The summed E-state index contributed by atoms with van der Waals surface area (Å²) in [4.78, 5) is 12.6. The van der Waals surface area contributed by atoms with Gasteiger partial charge >= 0.3 is 0 Å². The Hall–Kier alpha value is -3.12. The fourth-order valence-electron chi connectivity index (χ4n) is 2.60. The number of aromatic nitrogens is 1. The van der Waals surface area contributed by atoms with Gasteiger partial charge in [0, 0.05) is 6.20 Å². The minimum Gasteiger partial charge on any atom is -0.310 e. The highest BCUT2D eigenvalue weighted by molar-refractivity contribution is 5.39. The molecule has 3 rings (SSSR count). The maximum atomic E-state index is 12.6. The molecule has 3 nitrogen and oxygen atoms in total. The number of benzene rings is 2. The molecule has 0 saturated heterocycles. The van der Waals surface area contributed by atoms with Crippen LogP contribution in [0, 0.1) is 11.3 Å². The van der Waals surface area contributed by atoms with Gasteiger partial charge in [-0.05, 0) is 29.2 Å². The van der Waals surface area contributed by atoms with E-state index in [-0.39, 0.29) is 11.1 Å². The molecule has 2 aromatic carbocycles. The van der Waals surface area contributed by atoms with Crippen molar-refractivity contribution in [1.82, 2.24) is 4.57 Å². The van der Waals surface area contributed by atoms with Gasteiger partial charge in [-0.3, -0.25) is 4.79 Å². The number of nitrogens with zero attached hydrogens (tertiary/aromatic N) is 2. The maximum absolute atomic E-state index is 12.6. The van der Waals surface area contributed by atoms with E-state index < -0.39 is 0 Å². The Morgan fingerprint density at radius 2 is 1.48 bits per heavy atom. The monoisotopic (exact) mass is 300 g/mol. The average molecular weight is 300 g/mol. The summed E-state index contributed by atoms with van der Waals surface area (Å²) in [6.07, 6.45) is 2.36. The first kappa shape index (κ1) is 14.8. The van der Waals surface area contributed by atoms with E-state index in [0.29, 0.717) is 13.0 Å². The third kappa shape index (κ3) is 3.38. The Morgan fingerprint density at radius 1 is 0.870 bits per heavy atom. The molecule has 112 valence electrons. The second-order valence-electron chi connectivity index (χ2n) is 5.41. The van der Waals surface area contributed by atoms with Crippen molar-refractivity contribution in [3.63, 3.8) is 0 Å². The highest BCUT2D eigenvalue weighted by atomic mass is 16.1. The summed E-state index contributed by atoms with van der Waals surface area (Å²) in [6.45, 7) is 0.472. The molecular weight excluding hydrogens is 284 g/mol. The van der Waals surface area contributed by atoms with Crippen molar-refractivity contribution in [2.75, 3.05) is 0 Å². The van der Waals surface area contributed by atoms with Crippen molar-refractivity contribution in [2.24, 2.45) is 0 Å². The molecule has 0 saturated carbocycles. The van der Waals surface area contributed by atoms with E-state index in [0.717, 1.165) is 16.7 Å². The van der Waals surface area contributed by atoms with Gasteiger partial charge < -0.3 is 4.57 Å². The summed E-state index contributed by atoms with van der Waals surface area (Å²) in [5, 5.41) is 9.40. The van der Waals surface area contributed by atoms with E-state index in [1.807, 2.05) is 66.7 Å². The van der Waals surface area contributed by atoms with Gasteiger partial charge in [0.05, 0.1) is 6.54 Å². The van der Waals surface area contributed by atoms with Gasteiger partial charge in [-0.25, -0.2) is 0 Å². The van der Waals surface area contributed by atoms with Gasteiger partial charge in [0.1, 0.15) is 11.6 Å². The third-order valence-electron chi connectivity index (χ3n) is 3.80. The molecule has 0 atom stereocenters. The van der Waals surface area contributed by atoms with Crippen molar-refractivity contribution in [3.8, 4) is 6.07 Å². The van der Waals surface area contributed by atoms with Crippen LogP contribution in [0.25, 0.3) is 0 Å². The molecule has 23 heavy (non-hydrogen) atoms. The molecule has 0 N–H and O–H groups in total. The molecule has 0 fully saturated rings. The molecule has 0 spiro atoms. The van der Waals surface area contributed by atoms with Crippen molar-refractivity contribution >= 4 is 0 Å². The van der Waals surface area contributed by atoms with Crippen molar-refractivity contribution in [2.45, 2.75) is 13.0 Å². The zero-order valence-electron chi connectivity index (χ0n) is 12.6. The standard InChI is InChI=1S/C20H16N2O/c21-14-19-18(13-16-7-3-1-4-8-16)11-12-22(20(19)23)15-17-9-5-2-6-10-17/h1-12H,13,15H2. The zero-order valence-corrected chi connectivity index (χ0v) is 12.6. The van der Waals surface area contributed by atoms with Gasteiger partial charge in [0.25, 0.3) is 5.56 Å². The van der Waals surface area contributed by atoms with E-state index in [1.54, 1.807) is 10.8 Å². The Kier molecular flexibility index (Phi) is 4.35. The Morgan fingerprint density at radius 3 is 2.09 bits per heavy atom. The van der Waals surface area contributed by atoms with Crippen LogP contribution in [-0.2, 0) is 13.0 Å². The van der Waals surface area contributed by atoms with Crippen LogP contribution in [0.1, 0.15) is 22.3 Å². The lowest BCUT2D eigenvalue weighted by Crippen LogP contribution is -2.24. The first-order chi connectivity index (χ1) is 11.3. The van der Waals surface area contributed by atoms with Crippen molar-refractivity contribution in [1.29, 1.82) is 5.26 Å². The van der Waals surface area contributed by atoms with E-state index in [9.17, 15) is 10.1 Å². The summed E-state index contributed by atoms with van der Waals surface area (Å²) in [5.74, 6) is 0. The van der Waals surface area contributed by atoms with Crippen LogP contribution in [0.15, 0.2) is 77.7 Å². The molecule has 0 radical (unpaired) electrons. The smallest absolute Gasteiger partial charge is 0.269 e. The molecule has 0 amide bonds. The number of pyridine rings is 1. The predicted molar refractivity (Wildman–Crippen MR) is 90.2 cm³/mol. The summed E-state index contributed by atoms with van der Waals surface area (Å²) in [5.41, 5.74) is 2.89. The lowest BCUT2D eigenvalue weighted by molar-refractivity contribution is 0.752. The minimum atomic E-state index is -0.232. The molecule has 1 aromatic heterocycles. The summed E-state index contributed by atoms with van der Waals surface area (Å²) < 4.78 is 1.59. The Labute approximate surface area is 135 Å². The van der Waals surface area contributed by atoms with Gasteiger partial charge in [-0.15, -0.1) is 0 Å². The first-order valence-corrected chi connectivity index (χ1v) is 7.48. The summed E-state index contributed by atoms with van der Waals surface area (Å²) >= 11 is 0. The number of hydrogen-bond donors (Lipinski definition) is 0. The summed E-state index contributed by atoms with van der Waals surface area (Å²) in [7, 11) is 0. The third-order valence-corrected chi connectivity index (χ3v) is 3.80. The van der Waals surface area contributed by atoms with E-state index in [4.69, 9.17) is 0 Å². The normalized spacial score (nSPS) is 10.2. The minimum absolute atomic E-state index is 0.229. The SMILES string of the molecule is N#Cc1c(Cc2ccccc2)ccn(Cc2ccccc2)c1=O. The van der Waals surface area contributed by atoms with Gasteiger partial charge in [0.2, 0.25) is 0 Å². The molecule has 0 bridgehead atoms. The first-order valence-electron chi connectivity index (χ1n) is 7.48. The van der Waals surface area contributed by atoms with Crippen LogP contribution in [0.2, 0.25) is 0 Å². The van der Waals surface area contributed by atoms with Crippen LogP contribution in [0.3, 0.4) is 0 Å². The zero-order chi connectivity index (χ0) is 16.1. The fraction of sp³-hybridized carbons (Fsp3) is 0.100. The van der Waals surface area contributed by atoms with E-state index >= 15 is 0 Å². The van der Waals surface area contributed by atoms with Crippen molar-refractivity contribution < 1.29 is 0 Å². The molecule has 0 aliphatic rings. The van der Waals surface area contributed by atoms with Crippen LogP contribution in [-0.4, -0.2) is 4.57 Å². The predicted octanol–water partition coefficient (Wildman–Crippen LogP) is 3.36. The van der Waals surface area contributed by atoms with Crippen LogP contribution in [0.5, 0.6) is 0 Å².